The smallest absolute Gasteiger partial charge is 0.149 e. The van der Waals surface area contributed by atoms with Gasteiger partial charge in [0.2, 0.25) is 0 Å². The summed E-state index contributed by atoms with van der Waals surface area (Å²) >= 11 is 0. The quantitative estimate of drug-likeness (QED) is 0.182. The number of fused-ring (bicyclic) bond motifs is 1. The SMILES string of the molecule is [2H]C([2H])([2H])c1ccc(-c2ccnc(-c3cc(-c4cccc5c4nc(-c4ccccc4O)n5-c4ccc(-c5cc(C(C)(C)C)cc(C(C)(C)C)c5)cc4C([2H])([2H])[2H])cc(C(C)(C)C)c3)c2)cc1. The normalized spacial score (nSPS) is 14.2. The number of benzene rings is 6. The molecular weight excluding hydrogens is 731 g/mol. The number of rotatable bonds is 6. The van der Waals surface area contributed by atoms with Crippen molar-refractivity contribution >= 4 is 11.0 Å². The molecule has 0 spiro atoms. The summed E-state index contributed by atoms with van der Waals surface area (Å²) in [6.45, 7) is 14.9. The van der Waals surface area contributed by atoms with Crippen LogP contribution in [0.15, 0.2) is 140 Å². The molecule has 60 heavy (non-hydrogen) atoms. The number of hydrogen-bond donors (Lipinski definition) is 1. The summed E-state index contributed by atoms with van der Waals surface area (Å²) < 4.78 is 52.2. The molecule has 2 heterocycles. The predicted molar refractivity (Wildman–Crippen MR) is 253 cm³/mol. The maximum atomic E-state index is 11.4. The Morgan fingerprint density at radius 3 is 1.80 bits per heavy atom. The highest BCUT2D eigenvalue weighted by atomic mass is 16.3. The fourth-order valence-electron chi connectivity index (χ4n) is 7.78. The number of aryl methyl sites for hydroxylation is 2. The van der Waals surface area contributed by atoms with E-state index in [-0.39, 0.29) is 33.1 Å². The summed E-state index contributed by atoms with van der Waals surface area (Å²) in [5, 5.41) is 11.4. The van der Waals surface area contributed by atoms with Gasteiger partial charge in [0.15, 0.2) is 0 Å². The third kappa shape index (κ3) is 7.91. The van der Waals surface area contributed by atoms with Gasteiger partial charge in [0, 0.05) is 25.5 Å². The van der Waals surface area contributed by atoms with Crippen LogP contribution < -0.4 is 0 Å². The Hall–Kier alpha value is -6.26. The summed E-state index contributed by atoms with van der Waals surface area (Å²) in [4.78, 5) is 10.1. The van der Waals surface area contributed by atoms with Gasteiger partial charge in [-0.1, -0.05) is 147 Å². The Morgan fingerprint density at radius 1 is 0.517 bits per heavy atom. The Labute approximate surface area is 365 Å². The monoisotopic (exact) mass is 793 g/mol. The maximum absolute atomic E-state index is 11.4. The minimum absolute atomic E-state index is 0.0207. The number of aromatic nitrogens is 3. The molecule has 2 aromatic heterocycles. The van der Waals surface area contributed by atoms with Crippen LogP contribution in [0.2, 0.25) is 0 Å². The van der Waals surface area contributed by atoms with Crippen molar-refractivity contribution < 1.29 is 13.3 Å². The summed E-state index contributed by atoms with van der Waals surface area (Å²) in [6, 6.07) is 42.5. The van der Waals surface area contributed by atoms with Crippen LogP contribution in [0.3, 0.4) is 0 Å². The molecule has 0 aliphatic heterocycles. The minimum Gasteiger partial charge on any atom is -0.507 e. The lowest BCUT2D eigenvalue weighted by Crippen LogP contribution is -2.16. The Balaban J connectivity index is 1.34. The van der Waals surface area contributed by atoms with Gasteiger partial charge in [-0.2, -0.15) is 0 Å². The van der Waals surface area contributed by atoms with Crippen molar-refractivity contribution in [1.29, 1.82) is 0 Å². The van der Waals surface area contributed by atoms with Crippen molar-refractivity contribution in [3.8, 4) is 67.5 Å². The van der Waals surface area contributed by atoms with Crippen LogP contribution in [0, 0.1) is 13.7 Å². The van der Waals surface area contributed by atoms with Crippen molar-refractivity contribution in [2.24, 2.45) is 0 Å². The van der Waals surface area contributed by atoms with Crippen molar-refractivity contribution in [2.45, 2.75) is 92.3 Å². The summed E-state index contributed by atoms with van der Waals surface area (Å²) in [7, 11) is 0. The Morgan fingerprint density at radius 2 is 1.13 bits per heavy atom. The van der Waals surface area contributed by atoms with E-state index in [9.17, 15) is 5.11 Å². The summed E-state index contributed by atoms with van der Waals surface area (Å²) in [6.07, 6.45) is 1.77. The molecule has 0 aliphatic rings. The van der Waals surface area contributed by atoms with Crippen LogP contribution >= 0.6 is 0 Å². The second-order valence-electron chi connectivity index (χ2n) is 19.0. The minimum atomic E-state index is -2.51. The number of pyridine rings is 1. The highest BCUT2D eigenvalue weighted by Gasteiger charge is 2.24. The van der Waals surface area contributed by atoms with E-state index in [1.807, 2.05) is 65.2 Å². The van der Waals surface area contributed by atoms with E-state index in [2.05, 4.69) is 98.7 Å². The summed E-state index contributed by atoms with van der Waals surface area (Å²) in [5.74, 6) is 0.428. The average Bonchev–Trinajstić information content (AvgIpc) is 3.64. The average molecular weight is 794 g/mol. The number of aromatic hydroxyl groups is 1. The van der Waals surface area contributed by atoms with Crippen LogP contribution in [0.1, 0.15) is 98.4 Å². The molecule has 0 atom stereocenters. The fourth-order valence-corrected chi connectivity index (χ4v) is 7.78. The van der Waals surface area contributed by atoms with E-state index in [1.165, 1.54) is 11.1 Å². The first-order chi connectivity index (χ1) is 30.8. The molecule has 0 unspecified atom stereocenters. The molecule has 0 aliphatic carbocycles. The second-order valence-corrected chi connectivity index (χ2v) is 19.0. The lowest BCUT2D eigenvalue weighted by molar-refractivity contribution is 0.477. The molecular formula is C56H57N3O. The van der Waals surface area contributed by atoms with E-state index in [1.54, 1.807) is 42.6 Å². The van der Waals surface area contributed by atoms with Gasteiger partial charge in [-0.05, 0) is 135 Å². The van der Waals surface area contributed by atoms with Gasteiger partial charge in [-0.25, -0.2) is 4.98 Å². The van der Waals surface area contributed by atoms with Gasteiger partial charge >= 0.3 is 0 Å². The van der Waals surface area contributed by atoms with Crippen molar-refractivity contribution in [3.05, 3.63) is 167 Å². The molecule has 0 radical (unpaired) electrons. The third-order valence-corrected chi connectivity index (χ3v) is 11.4. The van der Waals surface area contributed by atoms with Gasteiger partial charge in [0.1, 0.15) is 11.6 Å². The molecule has 0 bridgehead atoms. The highest BCUT2D eigenvalue weighted by molar-refractivity contribution is 5.97. The van der Waals surface area contributed by atoms with Crippen LogP contribution in [0.4, 0.5) is 0 Å². The second kappa shape index (κ2) is 15.1. The topological polar surface area (TPSA) is 50.9 Å². The number of phenols is 1. The molecule has 0 saturated carbocycles. The molecule has 4 heteroatoms. The van der Waals surface area contributed by atoms with Gasteiger partial charge in [-0.15, -0.1) is 0 Å². The van der Waals surface area contributed by atoms with Gasteiger partial charge < -0.3 is 5.11 Å². The fraction of sp³-hybridized carbons (Fsp3) is 0.250. The number of imidazole rings is 1. The van der Waals surface area contributed by atoms with Gasteiger partial charge in [-0.3, -0.25) is 9.55 Å². The molecule has 1 N–H and O–H groups in total. The zero-order valence-electron chi connectivity index (χ0n) is 42.1. The van der Waals surface area contributed by atoms with Crippen LogP contribution in [-0.2, 0) is 16.2 Å². The molecule has 0 amide bonds. The molecule has 302 valence electrons. The molecule has 4 nitrogen and oxygen atoms in total. The lowest BCUT2D eigenvalue weighted by Gasteiger charge is -2.26. The predicted octanol–water partition coefficient (Wildman–Crippen LogP) is 15.0. The maximum Gasteiger partial charge on any atom is 0.149 e. The molecule has 6 aromatic carbocycles. The van der Waals surface area contributed by atoms with Crippen molar-refractivity contribution in [3.63, 3.8) is 0 Å². The number of para-hydroxylation sites is 2. The van der Waals surface area contributed by atoms with E-state index >= 15 is 0 Å². The van der Waals surface area contributed by atoms with E-state index in [0.717, 1.165) is 50.2 Å². The van der Waals surface area contributed by atoms with E-state index in [4.69, 9.17) is 18.2 Å². The number of nitrogens with zero attached hydrogens (tertiary/aromatic N) is 3. The van der Waals surface area contributed by atoms with Crippen molar-refractivity contribution in [2.75, 3.05) is 0 Å². The molecule has 0 fully saturated rings. The zero-order valence-corrected chi connectivity index (χ0v) is 36.1. The first-order valence-corrected chi connectivity index (χ1v) is 20.6. The van der Waals surface area contributed by atoms with Crippen LogP contribution in [0.5, 0.6) is 5.75 Å². The Bertz CT molecular complexity index is 3090. The standard InChI is InChI=1S/C56H57N3O/c1-35-19-21-37(22-20-35)39-25-26-57-48(33-39)42-28-41(31-43(32-42)54(3,4)5)46-16-14-17-50-52(46)58-53(47-15-12-13-18-51(47)60)59(50)49-24-23-38(27-36(49)2)40-29-44(55(6,7)8)34-45(30-40)56(9,10)11/h12-34,60H,1-11H3/i1D3,2D3. The number of hydrogen-bond acceptors (Lipinski definition) is 3. The molecule has 0 saturated heterocycles. The highest BCUT2D eigenvalue weighted by Crippen LogP contribution is 2.41. The van der Waals surface area contributed by atoms with E-state index < -0.39 is 13.7 Å². The van der Waals surface area contributed by atoms with Gasteiger partial charge in [0.05, 0.1) is 28.0 Å². The Kier molecular flexibility index (Phi) is 8.44. The molecule has 8 aromatic rings. The lowest BCUT2D eigenvalue weighted by atomic mass is 9.79. The number of phenolic OH excluding ortho intramolecular Hbond substituents is 1. The zero-order chi connectivity index (χ0) is 47.7. The first kappa shape index (κ1) is 33.6. The van der Waals surface area contributed by atoms with Gasteiger partial charge in [0.25, 0.3) is 0 Å². The van der Waals surface area contributed by atoms with Crippen LogP contribution in [0.25, 0.3) is 72.7 Å². The van der Waals surface area contributed by atoms with Crippen molar-refractivity contribution in [1.82, 2.24) is 14.5 Å². The third-order valence-electron chi connectivity index (χ3n) is 11.4. The largest absolute Gasteiger partial charge is 0.507 e. The molecule has 8 rings (SSSR count). The van der Waals surface area contributed by atoms with E-state index in [0.29, 0.717) is 28.1 Å². The summed E-state index contributed by atoms with van der Waals surface area (Å²) in [5.41, 5.74) is 12.5. The first-order valence-electron chi connectivity index (χ1n) is 23.6. The van der Waals surface area contributed by atoms with Crippen LogP contribution in [-0.4, -0.2) is 19.6 Å².